The number of hydrogen-bond donors (Lipinski definition) is 1. The van der Waals surface area contributed by atoms with Gasteiger partial charge in [-0.15, -0.1) is 0 Å². The number of hydrogen-bond acceptors (Lipinski definition) is 1. The second-order valence-corrected chi connectivity index (χ2v) is 25.2. The second-order valence-electron chi connectivity index (χ2n) is 15.4. The predicted molar refractivity (Wildman–Crippen MR) is 258 cm³/mol. The average molecular weight is 889 g/mol. The fourth-order valence-electron chi connectivity index (χ4n) is 9.80. The van der Waals surface area contributed by atoms with E-state index < -0.39 is 6.33 Å². The van der Waals surface area contributed by atoms with Gasteiger partial charge in [0.05, 0.1) is 22.1 Å². The summed E-state index contributed by atoms with van der Waals surface area (Å²) in [6.07, 6.45) is -3.59. The SMILES string of the molecule is I[SH](c1ccccc1)(c1ccccc1)(c1ccccc1)c1cc(-n2c3ccccc3c3cc(-n4c5ccccc5c5ccccc54)ccc32)cc2c1oc1ccccc12. The molecule has 12 rings (SSSR count). The van der Waals surface area contributed by atoms with Crippen molar-refractivity contribution in [1.82, 2.24) is 9.13 Å². The molecule has 0 fully saturated rings. The monoisotopic (exact) mass is 888 g/mol. The van der Waals surface area contributed by atoms with Gasteiger partial charge in [0.1, 0.15) is 11.2 Å². The van der Waals surface area contributed by atoms with Crippen LogP contribution in [0.1, 0.15) is 0 Å². The molecule has 282 valence electrons. The lowest BCUT2D eigenvalue weighted by Crippen LogP contribution is -2.15. The van der Waals surface area contributed by atoms with E-state index in [1.165, 1.54) is 52.2 Å². The van der Waals surface area contributed by atoms with Gasteiger partial charge in [-0.25, -0.2) is 0 Å². The summed E-state index contributed by atoms with van der Waals surface area (Å²) in [5.41, 5.74) is 8.77. The summed E-state index contributed by atoms with van der Waals surface area (Å²) in [5.74, 6) is 0. The Morgan fingerprint density at radius 2 is 0.746 bits per heavy atom. The van der Waals surface area contributed by atoms with Crippen LogP contribution in [0.25, 0.3) is 76.9 Å². The highest BCUT2D eigenvalue weighted by molar-refractivity contribution is 14.2. The van der Waals surface area contributed by atoms with Crippen LogP contribution < -0.4 is 0 Å². The maximum Gasteiger partial charge on any atom is 0.147 e. The molecule has 0 aliphatic rings. The van der Waals surface area contributed by atoms with Gasteiger partial charge in [0.2, 0.25) is 0 Å². The van der Waals surface area contributed by atoms with Gasteiger partial charge in [0.25, 0.3) is 0 Å². The average Bonchev–Trinajstić information content (AvgIpc) is 3.97. The van der Waals surface area contributed by atoms with Gasteiger partial charge >= 0.3 is 0 Å². The zero-order valence-electron chi connectivity index (χ0n) is 31.9. The van der Waals surface area contributed by atoms with E-state index in [4.69, 9.17) is 4.42 Å². The first kappa shape index (κ1) is 34.5. The first-order valence-electron chi connectivity index (χ1n) is 20.0. The largest absolute Gasteiger partial charge is 0.455 e. The second kappa shape index (κ2) is 13.0. The third-order valence-corrected chi connectivity index (χ3v) is 24.0. The van der Waals surface area contributed by atoms with Crippen LogP contribution in [-0.2, 0) is 0 Å². The maximum atomic E-state index is 7.11. The Bertz CT molecular complexity index is 3430. The first-order chi connectivity index (χ1) is 29.1. The van der Waals surface area contributed by atoms with Gasteiger partial charge < -0.3 is 13.6 Å². The molecule has 9 aromatic carbocycles. The van der Waals surface area contributed by atoms with Crippen molar-refractivity contribution < 1.29 is 4.42 Å². The van der Waals surface area contributed by atoms with Crippen LogP contribution >= 0.6 is 27.5 Å². The smallest absolute Gasteiger partial charge is 0.147 e. The van der Waals surface area contributed by atoms with E-state index in [1.54, 1.807) is 0 Å². The van der Waals surface area contributed by atoms with Gasteiger partial charge in [-0.3, -0.25) is 0 Å². The van der Waals surface area contributed by atoms with Crippen LogP contribution in [0, 0.1) is 0 Å². The molecule has 0 unspecified atom stereocenters. The van der Waals surface area contributed by atoms with Crippen molar-refractivity contribution >= 4 is 93.1 Å². The minimum atomic E-state index is -3.59. The van der Waals surface area contributed by atoms with Crippen LogP contribution in [-0.4, -0.2) is 9.13 Å². The molecule has 0 aliphatic carbocycles. The fourth-order valence-corrected chi connectivity index (χ4v) is 18.6. The van der Waals surface area contributed by atoms with Gasteiger partial charge in [0.15, 0.2) is 0 Å². The minimum absolute atomic E-state index is 0.884. The van der Waals surface area contributed by atoms with E-state index in [2.05, 4.69) is 249 Å². The number of thiol groups is 1. The van der Waals surface area contributed by atoms with Crippen molar-refractivity contribution in [1.29, 1.82) is 0 Å². The van der Waals surface area contributed by atoms with E-state index in [9.17, 15) is 0 Å². The third-order valence-electron chi connectivity index (χ3n) is 12.4. The van der Waals surface area contributed by atoms with Crippen molar-refractivity contribution in [3.05, 3.63) is 218 Å². The lowest BCUT2D eigenvalue weighted by Gasteiger charge is -2.58. The first-order valence-corrected chi connectivity index (χ1v) is 25.0. The summed E-state index contributed by atoms with van der Waals surface area (Å²) < 4.78 is 12.0. The molecule has 0 N–H and O–H groups in total. The van der Waals surface area contributed by atoms with E-state index in [0.717, 1.165) is 44.3 Å². The van der Waals surface area contributed by atoms with Crippen LogP contribution in [0.4, 0.5) is 0 Å². The third kappa shape index (κ3) is 4.77. The van der Waals surface area contributed by atoms with Crippen molar-refractivity contribution in [3.63, 3.8) is 0 Å². The molecular formula is C54H37IN2OS. The molecule has 12 aromatic rings. The number of fused-ring (bicyclic) bond motifs is 9. The van der Waals surface area contributed by atoms with Crippen LogP contribution in [0.3, 0.4) is 0 Å². The summed E-state index contributed by atoms with van der Waals surface area (Å²) in [5, 5.41) is 7.15. The molecule has 0 bridgehead atoms. The van der Waals surface area contributed by atoms with Gasteiger partial charge in [-0.1, -0.05) is 164 Å². The number of nitrogens with zero attached hydrogens (tertiary/aromatic N) is 2. The number of rotatable bonds is 6. The topological polar surface area (TPSA) is 23.0 Å². The molecule has 59 heavy (non-hydrogen) atoms. The molecule has 3 heterocycles. The van der Waals surface area contributed by atoms with Gasteiger partial charge in [-0.2, -0.15) is 6.33 Å². The molecule has 0 saturated carbocycles. The molecule has 3 aromatic heterocycles. The van der Waals surface area contributed by atoms with E-state index in [1.807, 2.05) is 0 Å². The predicted octanol–water partition coefficient (Wildman–Crippen LogP) is 15.7. The van der Waals surface area contributed by atoms with Crippen molar-refractivity contribution in [3.8, 4) is 11.4 Å². The van der Waals surface area contributed by atoms with Crippen LogP contribution in [0.15, 0.2) is 242 Å². The summed E-state index contributed by atoms with van der Waals surface area (Å²) in [7, 11) is 0. The zero-order chi connectivity index (χ0) is 39.2. The number of aromatic nitrogens is 2. The Morgan fingerprint density at radius 1 is 0.339 bits per heavy atom. The summed E-state index contributed by atoms with van der Waals surface area (Å²) in [4.78, 5) is 5.01. The summed E-state index contributed by atoms with van der Waals surface area (Å²) >= 11 is 2.90. The highest BCUT2D eigenvalue weighted by atomic mass is 127. The van der Waals surface area contributed by atoms with E-state index in [0.29, 0.717) is 0 Å². The van der Waals surface area contributed by atoms with Gasteiger partial charge in [0, 0.05) is 48.6 Å². The fraction of sp³-hybridized carbons (Fsp3) is 0. The van der Waals surface area contributed by atoms with Crippen molar-refractivity contribution in [2.24, 2.45) is 0 Å². The Balaban J connectivity index is 1.22. The van der Waals surface area contributed by atoms with Crippen LogP contribution in [0.5, 0.6) is 0 Å². The number of furan rings is 1. The molecule has 0 amide bonds. The van der Waals surface area contributed by atoms with Crippen molar-refractivity contribution in [2.75, 3.05) is 0 Å². The number of halogens is 1. The molecule has 5 heteroatoms. The summed E-state index contributed by atoms with van der Waals surface area (Å²) in [6.45, 7) is 0. The lowest BCUT2D eigenvalue weighted by molar-refractivity contribution is 0.659. The van der Waals surface area contributed by atoms with E-state index >= 15 is 0 Å². The Morgan fingerprint density at radius 3 is 1.29 bits per heavy atom. The lowest BCUT2D eigenvalue weighted by atomic mass is 10.1. The molecular weight excluding hydrogens is 852 g/mol. The molecule has 0 atom stereocenters. The molecule has 0 spiro atoms. The minimum Gasteiger partial charge on any atom is -0.455 e. The molecule has 3 nitrogen and oxygen atoms in total. The number of para-hydroxylation sites is 4. The highest BCUT2D eigenvalue weighted by Gasteiger charge is 2.48. The van der Waals surface area contributed by atoms with E-state index in [-0.39, 0.29) is 0 Å². The zero-order valence-corrected chi connectivity index (χ0v) is 35.0. The maximum absolute atomic E-state index is 7.11. The standard InChI is InChI=1S/C54H37IN2OS/c55-59(39-18-4-1-5-19-39,40-20-6-2-7-21-40,41-22-8-3-9-23-41)53-36-38(35-47-45-27-13-17-31-52(45)58-54(47)53)57-50-30-16-12-26-44(50)46-34-37(32-33-51(46)57)56-48-28-14-10-24-42(48)43-25-11-15-29-49(43)56/h1-36,59H. The highest BCUT2D eigenvalue weighted by Crippen LogP contribution is 2.96. The summed E-state index contributed by atoms with van der Waals surface area (Å²) in [6, 6.07) is 80.0. The number of benzene rings is 9. The Hall–Kier alpha value is -6.54. The Kier molecular flexibility index (Phi) is 7.59. The molecule has 0 saturated heterocycles. The quantitative estimate of drug-likeness (QED) is 0.130. The normalized spacial score (nSPS) is 12.9. The van der Waals surface area contributed by atoms with Gasteiger partial charge in [-0.05, 0) is 90.5 Å². The molecule has 0 radical (unpaired) electrons. The van der Waals surface area contributed by atoms with Crippen LogP contribution in [0.2, 0.25) is 0 Å². The Labute approximate surface area is 353 Å². The molecule has 0 aliphatic heterocycles. The van der Waals surface area contributed by atoms with Crippen molar-refractivity contribution in [2.45, 2.75) is 19.6 Å².